The summed E-state index contributed by atoms with van der Waals surface area (Å²) in [6.07, 6.45) is 0. The second-order valence-electron chi connectivity index (χ2n) is 11.3. The molecule has 0 saturated heterocycles. The minimum atomic E-state index is 0.215. The first kappa shape index (κ1) is 19.9. The van der Waals surface area contributed by atoms with E-state index in [0.29, 0.717) is 0 Å². The zero-order chi connectivity index (χ0) is 24.7. The van der Waals surface area contributed by atoms with Gasteiger partial charge in [0.15, 0.2) is 0 Å². The molecular formula is C34H25BN2. The average molecular weight is 472 g/mol. The average Bonchev–Trinajstić information content (AvgIpc) is 3.39. The van der Waals surface area contributed by atoms with Crippen molar-refractivity contribution >= 4 is 66.7 Å². The summed E-state index contributed by atoms with van der Waals surface area (Å²) in [5.41, 5.74) is 17.6. The Balaban J connectivity index is 1.61. The summed E-state index contributed by atoms with van der Waals surface area (Å²) in [7, 11) is 0. The van der Waals surface area contributed by atoms with Gasteiger partial charge in [0.2, 0.25) is 0 Å². The highest BCUT2D eigenvalue weighted by Crippen LogP contribution is 2.40. The van der Waals surface area contributed by atoms with Gasteiger partial charge in [-0.15, -0.1) is 0 Å². The van der Waals surface area contributed by atoms with Crippen molar-refractivity contribution in [3.63, 3.8) is 0 Å². The molecule has 0 spiro atoms. The topological polar surface area (TPSA) is 9.86 Å². The summed E-state index contributed by atoms with van der Waals surface area (Å²) in [4.78, 5) is 0. The number of aryl methyl sites for hydroxylation is 4. The number of aromatic nitrogens is 2. The molecular weight excluding hydrogens is 447 g/mol. The zero-order valence-corrected chi connectivity index (χ0v) is 21.5. The summed E-state index contributed by atoms with van der Waals surface area (Å²) in [5, 5.41) is 5.46. The highest BCUT2D eigenvalue weighted by Gasteiger charge is 2.40. The number of hydrogen-bond donors (Lipinski definition) is 0. The molecule has 3 heteroatoms. The first-order valence-electron chi connectivity index (χ1n) is 13.2. The molecule has 2 aromatic heterocycles. The van der Waals surface area contributed by atoms with Crippen LogP contribution in [-0.4, -0.2) is 15.8 Å². The van der Waals surface area contributed by atoms with Gasteiger partial charge in [-0.2, -0.15) is 0 Å². The number of rotatable bonds is 0. The van der Waals surface area contributed by atoms with Gasteiger partial charge < -0.3 is 9.13 Å². The highest BCUT2D eigenvalue weighted by atomic mass is 15.0. The lowest BCUT2D eigenvalue weighted by molar-refractivity contribution is 1.15. The van der Waals surface area contributed by atoms with Crippen molar-refractivity contribution in [3.05, 3.63) is 101 Å². The lowest BCUT2D eigenvalue weighted by atomic mass is 9.34. The standard InChI is InChI=1S/C34H25BN2/c1-18-9-12-27-23(14-18)22-10-13-29-32-34(22)36(27)30-17-19(2)8-11-25(30)35(32)26-16-20(3)15-24-31-21(4)6-5-7-28(31)37(29)33(24)26/h5-17H,1-4H3. The molecule has 5 aromatic carbocycles. The minimum Gasteiger partial charge on any atom is -0.310 e. The van der Waals surface area contributed by atoms with Crippen molar-refractivity contribution in [2.24, 2.45) is 0 Å². The second-order valence-corrected chi connectivity index (χ2v) is 11.3. The largest absolute Gasteiger partial charge is 0.310 e. The normalized spacial score (nSPS) is 13.4. The van der Waals surface area contributed by atoms with E-state index in [-0.39, 0.29) is 6.71 Å². The molecule has 0 N–H and O–H groups in total. The van der Waals surface area contributed by atoms with Gasteiger partial charge in [-0.1, -0.05) is 53.6 Å². The quantitative estimate of drug-likeness (QED) is 0.231. The lowest BCUT2D eigenvalue weighted by Crippen LogP contribution is -2.59. The van der Waals surface area contributed by atoms with E-state index in [1.807, 2.05) is 0 Å². The Bertz CT molecular complexity index is 2190. The van der Waals surface area contributed by atoms with Crippen LogP contribution in [0.4, 0.5) is 0 Å². The third-order valence-corrected chi connectivity index (χ3v) is 8.95. The molecule has 0 radical (unpaired) electrons. The third kappa shape index (κ3) is 2.21. The minimum absolute atomic E-state index is 0.215. The molecule has 0 aliphatic carbocycles. The van der Waals surface area contributed by atoms with Crippen LogP contribution < -0.4 is 16.4 Å². The summed E-state index contributed by atoms with van der Waals surface area (Å²) in [6, 6.07) is 30.4. The number of fused-ring (bicyclic) bond motifs is 11. The maximum Gasteiger partial charge on any atom is 0.252 e. The maximum atomic E-state index is 2.56. The molecule has 9 rings (SSSR count). The summed E-state index contributed by atoms with van der Waals surface area (Å²) < 4.78 is 5.11. The molecule has 174 valence electrons. The second kappa shape index (κ2) is 6.36. The van der Waals surface area contributed by atoms with Crippen LogP contribution >= 0.6 is 0 Å². The number of nitrogens with zero attached hydrogens (tertiary/aromatic N) is 2. The number of hydrogen-bond acceptors (Lipinski definition) is 0. The van der Waals surface area contributed by atoms with Crippen LogP contribution in [0.1, 0.15) is 22.3 Å². The van der Waals surface area contributed by atoms with Crippen LogP contribution in [0.5, 0.6) is 0 Å². The highest BCUT2D eigenvalue weighted by molar-refractivity contribution is 7.00. The van der Waals surface area contributed by atoms with Crippen molar-refractivity contribution in [1.29, 1.82) is 0 Å². The van der Waals surface area contributed by atoms with Crippen molar-refractivity contribution < 1.29 is 0 Å². The van der Waals surface area contributed by atoms with E-state index in [2.05, 4.69) is 116 Å². The molecule has 0 fully saturated rings. The monoisotopic (exact) mass is 472 g/mol. The zero-order valence-electron chi connectivity index (χ0n) is 21.5. The first-order valence-corrected chi connectivity index (χ1v) is 13.2. The Morgan fingerprint density at radius 3 is 2.22 bits per heavy atom. The van der Waals surface area contributed by atoms with Crippen LogP contribution in [0.2, 0.25) is 0 Å². The van der Waals surface area contributed by atoms with Crippen LogP contribution in [0.3, 0.4) is 0 Å². The fraction of sp³-hybridized carbons (Fsp3) is 0.118. The van der Waals surface area contributed by atoms with Gasteiger partial charge in [0.25, 0.3) is 6.71 Å². The predicted octanol–water partition coefficient (Wildman–Crippen LogP) is 6.26. The molecule has 2 aliphatic heterocycles. The van der Waals surface area contributed by atoms with E-state index in [1.54, 1.807) is 0 Å². The van der Waals surface area contributed by atoms with Crippen LogP contribution in [0.15, 0.2) is 78.9 Å². The third-order valence-electron chi connectivity index (χ3n) is 8.95. The molecule has 0 bridgehead atoms. The molecule has 2 nitrogen and oxygen atoms in total. The van der Waals surface area contributed by atoms with Gasteiger partial charge in [0.1, 0.15) is 0 Å². The van der Waals surface area contributed by atoms with Gasteiger partial charge in [0.05, 0.1) is 16.6 Å². The molecule has 2 aliphatic rings. The predicted molar refractivity (Wildman–Crippen MR) is 159 cm³/mol. The lowest BCUT2D eigenvalue weighted by Gasteiger charge is -2.33. The molecule has 0 atom stereocenters. The van der Waals surface area contributed by atoms with E-state index in [0.717, 1.165) is 0 Å². The van der Waals surface area contributed by atoms with Crippen LogP contribution in [-0.2, 0) is 0 Å². The Morgan fingerprint density at radius 2 is 1.32 bits per heavy atom. The molecule has 7 aromatic rings. The van der Waals surface area contributed by atoms with Crippen LogP contribution in [0, 0.1) is 27.7 Å². The van der Waals surface area contributed by atoms with Gasteiger partial charge >= 0.3 is 0 Å². The van der Waals surface area contributed by atoms with Crippen molar-refractivity contribution in [2.45, 2.75) is 27.7 Å². The smallest absolute Gasteiger partial charge is 0.252 e. The Morgan fingerprint density at radius 1 is 0.541 bits per heavy atom. The number of benzene rings is 5. The summed E-state index contributed by atoms with van der Waals surface area (Å²) in [6.45, 7) is 9.14. The van der Waals surface area contributed by atoms with E-state index >= 15 is 0 Å². The van der Waals surface area contributed by atoms with E-state index in [1.165, 1.54) is 93.6 Å². The van der Waals surface area contributed by atoms with Crippen molar-refractivity contribution in [1.82, 2.24) is 9.13 Å². The van der Waals surface area contributed by atoms with Gasteiger partial charge in [-0.05, 0) is 91.6 Å². The SMILES string of the molecule is Cc1ccc2c(c1)-n1c3ccc(C)cc3c3ccc4c(c31)B2c1cc(C)cc2c3c(C)cccc3n-4c12. The molecule has 0 amide bonds. The maximum absolute atomic E-state index is 2.56. The molecule has 0 saturated carbocycles. The summed E-state index contributed by atoms with van der Waals surface area (Å²) in [5.74, 6) is 0. The summed E-state index contributed by atoms with van der Waals surface area (Å²) >= 11 is 0. The van der Waals surface area contributed by atoms with E-state index in [9.17, 15) is 0 Å². The Hall–Kier alpha value is -4.24. The van der Waals surface area contributed by atoms with Crippen LogP contribution in [0.25, 0.3) is 55.0 Å². The molecule has 37 heavy (non-hydrogen) atoms. The van der Waals surface area contributed by atoms with Crippen molar-refractivity contribution in [3.8, 4) is 11.4 Å². The van der Waals surface area contributed by atoms with Gasteiger partial charge in [-0.3, -0.25) is 0 Å². The van der Waals surface area contributed by atoms with E-state index < -0.39 is 0 Å². The first-order chi connectivity index (χ1) is 18.0. The van der Waals surface area contributed by atoms with Crippen molar-refractivity contribution in [2.75, 3.05) is 0 Å². The van der Waals surface area contributed by atoms with Gasteiger partial charge in [-0.25, -0.2) is 0 Å². The van der Waals surface area contributed by atoms with Gasteiger partial charge in [0, 0.05) is 38.4 Å². The fourth-order valence-corrected chi connectivity index (χ4v) is 7.56. The van der Waals surface area contributed by atoms with E-state index in [4.69, 9.17) is 0 Å². The Labute approximate surface area is 215 Å². The molecule has 0 unspecified atom stereocenters. The fourth-order valence-electron chi connectivity index (χ4n) is 7.56. The Kier molecular flexibility index (Phi) is 3.42. The molecule has 4 heterocycles.